The van der Waals surface area contributed by atoms with Crippen LogP contribution in [0.1, 0.15) is 21.5 Å². The summed E-state index contributed by atoms with van der Waals surface area (Å²) in [4.78, 5) is 17.6. The summed E-state index contributed by atoms with van der Waals surface area (Å²) in [6.45, 7) is 6.30. The molecule has 0 aliphatic carbocycles. The van der Waals surface area contributed by atoms with Crippen LogP contribution in [0.5, 0.6) is 0 Å². The molecule has 5 heteroatoms. The van der Waals surface area contributed by atoms with Crippen LogP contribution in [0.25, 0.3) is 10.8 Å². The van der Waals surface area contributed by atoms with E-state index in [0.717, 1.165) is 42.8 Å². The highest BCUT2D eigenvalue weighted by atomic mass is 16.1. The van der Waals surface area contributed by atoms with E-state index in [1.807, 2.05) is 30.3 Å². The van der Waals surface area contributed by atoms with E-state index in [0.29, 0.717) is 17.8 Å². The van der Waals surface area contributed by atoms with Crippen molar-refractivity contribution >= 4 is 33.7 Å². The van der Waals surface area contributed by atoms with Gasteiger partial charge in [-0.2, -0.15) is 0 Å². The van der Waals surface area contributed by atoms with E-state index in [1.54, 1.807) is 6.07 Å². The number of benzene rings is 4. The second-order valence-electron chi connectivity index (χ2n) is 8.86. The smallest absolute Gasteiger partial charge is 0.251 e. The summed E-state index contributed by atoms with van der Waals surface area (Å²) in [6.07, 6.45) is 0. The molecule has 172 valence electrons. The van der Waals surface area contributed by atoms with Crippen LogP contribution in [-0.2, 0) is 6.54 Å². The van der Waals surface area contributed by atoms with E-state index < -0.39 is 0 Å². The number of nitrogens with two attached hydrogens (primary N) is 1. The van der Waals surface area contributed by atoms with Crippen molar-refractivity contribution in [1.82, 2.24) is 5.32 Å². The topological polar surface area (TPSA) is 61.6 Å². The zero-order valence-electron chi connectivity index (χ0n) is 19.5. The van der Waals surface area contributed by atoms with Crippen molar-refractivity contribution in [3.63, 3.8) is 0 Å². The predicted molar refractivity (Wildman–Crippen MR) is 142 cm³/mol. The van der Waals surface area contributed by atoms with E-state index in [4.69, 9.17) is 5.73 Å². The Bertz CT molecular complexity index is 1320. The number of nitrogen functional groups attached to an aromatic ring is 1. The molecule has 5 rings (SSSR count). The number of carbonyl (C=O) groups excluding carboxylic acids is 1. The molecular formula is C29H30N4O. The number of nitrogens with one attached hydrogen (secondary N) is 1. The van der Waals surface area contributed by atoms with Gasteiger partial charge in [0.05, 0.1) is 11.4 Å². The molecule has 0 unspecified atom stereocenters. The van der Waals surface area contributed by atoms with Gasteiger partial charge in [0.1, 0.15) is 0 Å². The van der Waals surface area contributed by atoms with Gasteiger partial charge in [0, 0.05) is 44.0 Å². The molecule has 1 amide bonds. The number of rotatable bonds is 5. The first-order valence-electron chi connectivity index (χ1n) is 11.8. The molecule has 34 heavy (non-hydrogen) atoms. The van der Waals surface area contributed by atoms with Gasteiger partial charge in [-0.05, 0) is 53.1 Å². The number of aryl methyl sites for hydroxylation is 1. The first-order chi connectivity index (χ1) is 16.6. The summed E-state index contributed by atoms with van der Waals surface area (Å²) in [7, 11) is 0. The van der Waals surface area contributed by atoms with Crippen LogP contribution >= 0.6 is 0 Å². The van der Waals surface area contributed by atoms with Gasteiger partial charge >= 0.3 is 0 Å². The Balaban J connectivity index is 1.23. The second-order valence-corrected chi connectivity index (χ2v) is 8.86. The number of amides is 1. The maximum absolute atomic E-state index is 12.8. The molecule has 0 saturated carbocycles. The number of carbonyl (C=O) groups is 1. The lowest BCUT2D eigenvalue weighted by Crippen LogP contribution is -2.47. The molecule has 0 bridgehead atoms. The summed E-state index contributed by atoms with van der Waals surface area (Å²) < 4.78 is 0. The maximum atomic E-state index is 12.8. The molecule has 1 fully saturated rings. The summed E-state index contributed by atoms with van der Waals surface area (Å²) in [5.74, 6) is -0.115. The monoisotopic (exact) mass is 450 g/mol. The van der Waals surface area contributed by atoms with Crippen LogP contribution in [0.3, 0.4) is 0 Å². The molecule has 4 aromatic rings. The van der Waals surface area contributed by atoms with Gasteiger partial charge < -0.3 is 20.9 Å². The van der Waals surface area contributed by atoms with Crippen molar-refractivity contribution in [1.29, 1.82) is 0 Å². The number of para-hydroxylation sites is 1. The van der Waals surface area contributed by atoms with Gasteiger partial charge in [-0.3, -0.25) is 4.79 Å². The van der Waals surface area contributed by atoms with Crippen molar-refractivity contribution < 1.29 is 4.79 Å². The standard InChI is InChI=1S/C29H30N4O/c1-21-7-2-5-12-27(21)32-15-17-33(18-16-32)28-14-13-23(19-26(28)30)29(34)31-20-24-10-6-9-22-8-3-4-11-25(22)24/h2-14,19H,15-18,20,30H2,1H3,(H,31,34). The quantitative estimate of drug-likeness (QED) is 0.421. The van der Waals surface area contributed by atoms with Gasteiger partial charge in [0.2, 0.25) is 0 Å². The average Bonchev–Trinajstić information content (AvgIpc) is 2.87. The van der Waals surface area contributed by atoms with E-state index in [9.17, 15) is 4.79 Å². The highest BCUT2D eigenvalue weighted by Crippen LogP contribution is 2.28. The van der Waals surface area contributed by atoms with E-state index >= 15 is 0 Å². The zero-order valence-corrected chi connectivity index (χ0v) is 19.5. The third kappa shape index (κ3) is 4.42. The second kappa shape index (κ2) is 9.48. The highest BCUT2D eigenvalue weighted by molar-refractivity contribution is 5.96. The Morgan fingerprint density at radius 1 is 0.824 bits per heavy atom. The maximum Gasteiger partial charge on any atom is 0.251 e. The van der Waals surface area contributed by atoms with E-state index in [1.165, 1.54) is 16.6 Å². The van der Waals surface area contributed by atoms with Crippen molar-refractivity contribution in [3.05, 3.63) is 102 Å². The minimum atomic E-state index is -0.115. The van der Waals surface area contributed by atoms with Crippen LogP contribution in [-0.4, -0.2) is 32.1 Å². The Morgan fingerprint density at radius 3 is 2.26 bits per heavy atom. The minimum Gasteiger partial charge on any atom is -0.397 e. The molecule has 4 aromatic carbocycles. The summed E-state index contributed by atoms with van der Waals surface area (Å²) in [6, 6.07) is 28.5. The fourth-order valence-corrected chi connectivity index (χ4v) is 4.81. The third-order valence-corrected chi connectivity index (χ3v) is 6.69. The molecule has 1 aliphatic rings. The van der Waals surface area contributed by atoms with E-state index in [-0.39, 0.29) is 5.91 Å². The lowest BCUT2D eigenvalue weighted by Gasteiger charge is -2.38. The molecule has 5 nitrogen and oxygen atoms in total. The van der Waals surface area contributed by atoms with Gasteiger partial charge in [-0.25, -0.2) is 0 Å². The first-order valence-corrected chi connectivity index (χ1v) is 11.8. The van der Waals surface area contributed by atoms with Crippen molar-refractivity contribution in [3.8, 4) is 0 Å². The predicted octanol–water partition coefficient (Wildman–Crippen LogP) is 4.99. The SMILES string of the molecule is Cc1ccccc1N1CCN(c2ccc(C(=O)NCc3cccc4ccccc34)cc2N)CC1. The molecule has 1 aliphatic heterocycles. The number of fused-ring (bicyclic) bond motifs is 1. The first kappa shape index (κ1) is 21.8. The number of nitrogens with zero attached hydrogens (tertiary/aromatic N) is 2. The number of piperazine rings is 1. The van der Waals surface area contributed by atoms with E-state index in [2.05, 4.69) is 70.6 Å². The molecule has 0 atom stereocenters. The molecule has 1 saturated heterocycles. The van der Waals surface area contributed by atoms with Gasteiger partial charge in [-0.15, -0.1) is 0 Å². The minimum absolute atomic E-state index is 0.115. The Morgan fingerprint density at radius 2 is 1.50 bits per heavy atom. The highest BCUT2D eigenvalue weighted by Gasteiger charge is 2.20. The summed E-state index contributed by atoms with van der Waals surface area (Å²) in [5.41, 5.74) is 12.3. The molecule has 3 N–H and O–H groups in total. The third-order valence-electron chi connectivity index (χ3n) is 6.69. The van der Waals surface area contributed by atoms with Gasteiger partial charge in [0.25, 0.3) is 5.91 Å². The largest absolute Gasteiger partial charge is 0.397 e. The molecule has 1 heterocycles. The lowest BCUT2D eigenvalue weighted by molar-refractivity contribution is 0.0951. The molecular weight excluding hydrogens is 420 g/mol. The lowest BCUT2D eigenvalue weighted by atomic mass is 10.0. The Labute approximate surface area is 200 Å². The Kier molecular flexibility index (Phi) is 6.09. The average molecular weight is 451 g/mol. The number of hydrogen-bond donors (Lipinski definition) is 2. The number of anilines is 3. The fourth-order valence-electron chi connectivity index (χ4n) is 4.81. The summed E-state index contributed by atoms with van der Waals surface area (Å²) in [5, 5.41) is 5.38. The Hall–Kier alpha value is -3.99. The van der Waals surface area contributed by atoms with Crippen molar-refractivity contribution in [2.24, 2.45) is 0 Å². The van der Waals surface area contributed by atoms with Gasteiger partial charge in [-0.1, -0.05) is 60.7 Å². The van der Waals surface area contributed by atoms with Crippen LogP contribution in [0, 0.1) is 6.92 Å². The molecule has 0 aromatic heterocycles. The zero-order chi connectivity index (χ0) is 23.5. The normalized spacial score (nSPS) is 13.8. The molecule has 0 spiro atoms. The van der Waals surface area contributed by atoms with Crippen LogP contribution in [0.15, 0.2) is 84.9 Å². The van der Waals surface area contributed by atoms with Crippen molar-refractivity contribution in [2.75, 3.05) is 41.7 Å². The van der Waals surface area contributed by atoms with Crippen LogP contribution in [0.4, 0.5) is 17.1 Å². The number of hydrogen-bond acceptors (Lipinski definition) is 4. The van der Waals surface area contributed by atoms with Crippen LogP contribution in [0.2, 0.25) is 0 Å². The van der Waals surface area contributed by atoms with Crippen LogP contribution < -0.4 is 20.9 Å². The molecule has 0 radical (unpaired) electrons. The summed E-state index contributed by atoms with van der Waals surface area (Å²) >= 11 is 0. The van der Waals surface area contributed by atoms with Gasteiger partial charge in [0.15, 0.2) is 0 Å². The fraction of sp³-hybridized carbons (Fsp3) is 0.207. The van der Waals surface area contributed by atoms with Crippen molar-refractivity contribution in [2.45, 2.75) is 13.5 Å².